The SMILES string of the molecule is Cc1nn(C)cc1-c1cnc2ccnc(N)c2c1. The molecule has 0 atom stereocenters. The van der Waals surface area contributed by atoms with Crippen molar-refractivity contribution in [3.63, 3.8) is 0 Å². The minimum Gasteiger partial charge on any atom is -0.383 e. The number of hydrogen-bond donors (Lipinski definition) is 1. The fraction of sp³-hybridized carbons (Fsp3) is 0.154. The van der Waals surface area contributed by atoms with E-state index in [0.29, 0.717) is 5.82 Å². The van der Waals surface area contributed by atoms with Crippen LogP contribution in [0.5, 0.6) is 0 Å². The van der Waals surface area contributed by atoms with Crippen molar-refractivity contribution in [2.45, 2.75) is 6.92 Å². The predicted octanol–water partition coefficient (Wildman–Crippen LogP) is 1.92. The number of rotatable bonds is 1. The second-order valence-electron chi connectivity index (χ2n) is 4.29. The van der Waals surface area contributed by atoms with Gasteiger partial charge in [-0.1, -0.05) is 0 Å². The number of nitrogens with two attached hydrogens (primary N) is 1. The molecule has 0 aromatic carbocycles. The van der Waals surface area contributed by atoms with Crippen LogP contribution in [0.4, 0.5) is 5.82 Å². The number of fused-ring (bicyclic) bond motifs is 1. The lowest BCUT2D eigenvalue weighted by Gasteiger charge is -2.03. The van der Waals surface area contributed by atoms with Gasteiger partial charge in [0.25, 0.3) is 0 Å². The maximum Gasteiger partial charge on any atom is 0.132 e. The van der Waals surface area contributed by atoms with Crippen molar-refractivity contribution in [3.8, 4) is 11.1 Å². The Balaban J connectivity index is 2.25. The zero-order valence-electron chi connectivity index (χ0n) is 10.3. The molecule has 0 aliphatic carbocycles. The van der Waals surface area contributed by atoms with E-state index in [-0.39, 0.29) is 0 Å². The molecule has 0 aliphatic rings. The van der Waals surface area contributed by atoms with E-state index in [4.69, 9.17) is 5.73 Å². The standard InChI is InChI=1S/C13H13N5/c1-8-11(7-18(2)17-8)9-5-10-12(16-6-9)3-4-15-13(10)14/h3-7H,1-2H3,(H2,14,15). The van der Waals surface area contributed by atoms with Gasteiger partial charge < -0.3 is 5.73 Å². The minimum absolute atomic E-state index is 0.503. The summed E-state index contributed by atoms with van der Waals surface area (Å²) < 4.78 is 1.79. The van der Waals surface area contributed by atoms with E-state index in [1.807, 2.05) is 38.5 Å². The predicted molar refractivity (Wildman–Crippen MR) is 70.9 cm³/mol. The second-order valence-corrected chi connectivity index (χ2v) is 4.29. The molecule has 5 nitrogen and oxygen atoms in total. The van der Waals surface area contributed by atoms with Gasteiger partial charge in [0.1, 0.15) is 5.82 Å². The molecule has 0 amide bonds. The van der Waals surface area contributed by atoms with E-state index < -0.39 is 0 Å². The van der Waals surface area contributed by atoms with Gasteiger partial charge in [-0.15, -0.1) is 0 Å². The van der Waals surface area contributed by atoms with E-state index in [0.717, 1.165) is 27.7 Å². The van der Waals surface area contributed by atoms with Crippen LogP contribution in [-0.2, 0) is 7.05 Å². The first kappa shape index (κ1) is 10.7. The first-order chi connectivity index (χ1) is 8.65. The molecule has 0 bridgehead atoms. The number of hydrogen-bond acceptors (Lipinski definition) is 4. The molecule has 0 saturated heterocycles. The summed E-state index contributed by atoms with van der Waals surface area (Å²) in [6.07, 6.45) is 5.48. The third-order valence-corrected chi connectivity index (χ3v) is 2.96. The summed E-state index contributed by atoms with van der Waals surface area (Å²) >= 11 is 0. The lowest BCUT2D eigenvalue weighted by molar-refractivity contribution is 0.756. The van der Waals surface area contributed by atoms with Gasteiger partial charge in [0, 0.05) is 42.2 Å². The van der Waals surface area contributed by atoms with Gasteiger partial charge in [0.2, 0.25) is 0 Å². The molecular formula is C13H13N5. The molecule has 3 aromatic rings. The van der Waals surface area contributed by atoms with Gasteiger partial charge in [0.05, 0.1) is 11.2 Å². The van der Waals surface area contributed by atoms with Gasteiger partial charge in [-0.05, 0) is 19.1 Å². The highest BCUT2D eigenvalue weighted by atomic mass is 15.2. The maximum absolute atomic E-state index is 5.87. The number of nitrogen functional groups attached to an aromatic ring is 1. The Bertz CT molecular complexity index is 729. The van der Waals surface area contributed by atoms with Crippen molar-refractivity contribution in [2.24, 2.45) is 7.05 Å². The fourth-order valence-corrected chi connectivity index (χ4v) is 2.10. The normalized spacial score (nSPS) is 11.0. The highest BCUT2D eigenvalue weighted by Gasteiger charge is 2.08. The van der Waals surface area contributed by atoms with Crippen LogP contribution < -0.4 is 5.73 Å². The fourth-order valence-electron chi connectivity index (χ4n) is 2.10. The van der Waals surface area contributed by atoms with E-state index in [9.17, 15) is 0 Å². The zero-order valence-corrected chi connectivity index (χ0v) is 10.3. The largest absolute Gasteiger partial charge is 0.383 e. The van der Waals surface area contributed by atoms with Crippen molar-refractivity contribution < 1.29 is 0 Å². The maximum atomic E-state index is 5.87. The quantitative estimate of drug-likeness (QED) is 0.704. The Hall–Kier alpha value is -2.43. The Morgan fingerprint density at radius 3 is 2.83 bits per heavy atom. The second kappa shape index (κ2) is 3.80. The van der Waals surface area contributed by atoms with E-state index in [2.05, 4.69) is 15.1 Å². The summed E-state index contributed by atoms with van der Waals surface area (Å²) in [5.74, 6) is 0.503. The van der Waals surface area contributed by atoms with Gasteiger partial charge in [-0.2, -0.15) is 5.10 Å². The third kappa shape index (κ3) is 1.60. The summed E-state index contributed by atoms with van der Waals surface area (Å²) in [6, 6.07) is 3.86. The van der Waals surface area contributed by atoms with Crippen molar-refractivity contribution in [2.75, 3.05) is 5.73 Å². The van der Waals surface area contributed by atoms with Crippen LogP contribution in [0.1, 0.15) is 5.69 Å². The summed E-state index contributed by atoms with van der Waals surface area (Å²) in [6.45, 7) is 1.98. The monoisotopic (exact) mass is 239 g/mol. The van der Waals surface area contributed by atoms with Crippen LogP contribution in [-0.4, -0.2) is 19.7 Å². The molecule has 3 rings (SSSR count). The lowest BCUT2D eigenvalue weighted by atomic mass is 10.1. The number of aryl methyl sites for hydroxylation is 2. The molecular weight excluding hydrogens is 226 g/mol. The molecule has 5 heteroatoms. The molecule has 0 radical (unpaired) electrons. The summed E-state index contributed by atoms with van der Waals surface area (Å²) in [5, 5.41) is 5.21. The smallest absolute Gasteiger partial charge is 0.132 e. The number of nitrogens with zero attached hydrogens (tertiary/aromatic N) is 4. The molecule has 3 heterocycles. The minimum atomic E-state index is 0.503. The van der Waals surface area contributed by atoms with Gasteiger partial charge in [0.15, 0.2) is 0 Å². The Kier molecular flexibility index (Phi) is 2.26. The Morgan fingerprint density at radius 2 is 2.11 bits per heavy atom. The summed E-state index contributed by atoms with van der Waals surface area (Å²) in [7, 11) is 1.90. The Labute approximate surface area is 104 Å². The van der Waals surface area contributed by atoms with Crippen LogP contribution in [0.3, 0.4) is 0 Å². The lowest BCUT2D eigenvalue weighted by Crippen LogP contribution is -1.92. The number of pyridine rings is 2. The first-order valence-corrected chi connectivity index (χ1v) is 5.66. The molecule has 0 fully saturated rings. The molecule has 3 aromatic heterocycles. The van der Waals surface area contributed by atoms with Crippen LogP contribution in [0, 0.1) is 6.92 Å². The topological polar surface area (TPSA) is 69.6 Å². The van der Waals surface area contributed by atoms with Crippen molar-refractivity contribution in [3.05, 3.63) is 36.4 Å². The number of anilines is 1. The highest BCUT2D eigenvalue weighted by molar-refractivity contribution is 5.91. The molecule has 0 spiro atoms. The summed E-state index contributed by atoms with van der Waals surface area (Å²) in [5.41, 5.74) is 9.77. The Morgan fingerprint density at radius 1 is 1.28 bits per heavy atom. The van der Waals surface area contributed by atoms with Gasteiger partial charge >= 0.3 is 0 Å². The average Bonchev–Trinajstić information content (AvgIpc) is 2.69. The van der Waals surface area contributed by atoms with Crippen LogP contribution in [0.15, 0.2) is 30.7 Å². The third-order valence-electron chi connectivity index (χ3n) is 2.96. The molecule has 0 unspecified atom stereocenters. The van der Waals surface area contributed by atoms with E-state index in [1.54, 1.807) is 10.9 Å². The van der Waals surface area contributed by atoms with Gasteiger partial charge in [-0.3, -0.25) is 9.67 Å². The van der Waals surface area contributed by atoms with E-state index >= 15 is 0 Å². The average molecular weight is 239 g/mol. The van der Waals surface area contributed by atoms with Crippen LogP contribution in [0.2, 0.25) is 0 Å². The molecule has 0 aliphatic heterocycles. The van der Waals surface area contributed by atoms with E-state index in [1.165, 1.54) is 0 Å². The van der Waals surface area contributed by atoms with Crippen LogP contribution in [0.25, 0.3) is 22.0 Å². The van der Waals surface area contributed by atoms with Crippen molar-refractivity contribution >= 4 is 16.7 Å². The number of aromatic nitrogens is 4. The summed E-state index contributed by atoms with van der Waals surface area (Å²) in [4.78, 5) is 8.50. The molecule has 18 heavy (non-hydrogen) atoms. The molecule has 90 valence electrons. The van der Waals surface area contributed by atoms with Crippen molar-refractivity contribution in [1.82, 2.24) is 19.7 Å². The molecule has 2 N–H and O–H groups in total. The zero-order chi connectivity index (χ0) is 12.7. The van der Waals surface area contributed by atoms with Crippen molar-refractivity contribution in [1.29, 1.82) is 0 Å². The van der Waals surface area contributed by atoms with Gasteiger partial charge in [-0.25, -0.2) is 4.98 Å². The molecule has 0 saturated carbocycles. The van der Waals surface area contributed by atoms with Crippen LogP contribution >= 0.6 is 0 Å². The first-order valence-electron chi connectivity index (χ1n) is 5.66. The highest BCUT2D eigenvalue weighted by Crippen LogP contribution is 2.26.